The van der Waals surface area contributed by atoms with Crippen molar-refractivity contribution in [2.45, 2.75) is 138 Å². The summed E-state index contributed by atoms with van der Waals surface area (Å²) in [5.74, 6) is 4.03. The molecule has 0 aliphatic carbocycles. The number of carbonyl (C=O) groups is 1. The molecule has 1 aliphatic rings. The van der Waals surface area contributed by atoms with E-state index < -0.39 is 0 Å². The number of rotatable bonds is 16. The highest BCUT2D eigenvalue weighted by atomic mass is 16.5. The van der Waals surface area contributed by atoms with Crippen molar-refractivity contribution in [1.29, 1.82) is 0 Å². The van der Waals surface area contributed by atoms with Crippen LogP contribution in [0.25, 0.3) is 0 Å². The lowest BCUT2D eigenvalue weighted by molar-refractivity contribution is -0.114. The molecule has 1 amide bonds. The zero-order valence-corrected chi connectivity index (χ0v) is 27.7. The first-order valence-electron chi connectivity index (χ1n) is 16.4. The summed E-state index contributed by atoms with van der Waals surface area (Å²) in [5.41, 5.74) is 4.07. The van der Waals surface area contributed by atoms with Crippen LogP contribution in [0.4, 0.5) is 5.69 Å². The molecule has 0 bridgehead atoms. The highest BCUT2D eigenvalue weighted by Crippen LogP contribution is 2.45. The molecule has 5 nitrogen and oxygen atoms in total. The third-order valence-electron chi connectivity index (χ3n) is 9.28. The van der Waals surface area contributed by atoms with Crippen molar-refractivity contribution in [2.24, 2.45) is 17.8 Å². The van der Waals surface area contributed by atoms with Gasteiger partial charge in [0, 0.05) is 18.1 Å². The van der Waals surface area contributed by atoms with E-state index in [1.807, 2.05) is 38.1 Å². The molecule has 42 heavy (non-hydrogen) atoms. The fraction of sp³-hybridized carbons (Fsp3) is 0.649. The van der Waals surface area contributed by atoms with E-state index in [1.54, 1.807) is 0 Å². The van der Waals surface area contributed by atoms with E-state index in [4.69, 9.17) is 9.47 Å². The van der Waals surface area contributed by atoms with Crippen LogP contribution < -0.4 is 14.8 Å². The molecule has 0 spiro atoms. The average Bonchev–Trinajstić information content (AvgIpc) is 2.92. The van der Waals surface area contributed by atoms with E-state index >= 15 is 0 Å². The number of benzene rings is 2. The molecule has 2 aromatic carbocycles. The van der Waals surface area contributed by atoms with E-state index in [-0.39, 0.29) is 23.9 Å². The molecule has 1 aliphatic heterocycles. The first-order chi connectivity index (χ1) is 19.9. The van der Waals surface area contributed by atoms with E-state index in [2.05, 4.69) is 39.9 Å². The summed E-state index contributed by atoms with van der Waals surface area (Å²) in [7, 11) is 0. The Morgan fingerprint density at radius 2 is 1.60 bits per heavy atom. The second kappa shape index (κ2) is 15.7. The predicted molar refractivity (Wildman–Crippen MR) is 175 cm³/mol. The lowest BCUT2D eigenvalue weighted by atomic mass is 9.83. The van der Waals surface area contributed by atoms with Crippen LogP contribution in [0.1, 0.15) is 128 Å². The second-order valence-electron chi connectivity index (χ2n) is 13.8. The van der Waals surface area contributed by atoms with Crippen LogP contribution in [0.3, 0.4) is 0 Å². The molecular formula is C37H57NO4. The SMILES string of the molecule is CC(=O)Nc1ccccc1OCc1c(O)c(C)c(C)c2c1CC[C@@](C)(CCC[C@H](C)CCC[C@H](C)CCCC(C)C)O2. The number of anilines is 1. The Labute approximate surface area is 255 Å². The summed E-state index contributed by atoms with van der Waals surface area (Å²) in [4.78, 5) is 11.6. The number of nitrogens with one attached hydrogen (secondary N) is 1. The molecular weight excluding hydrogens is 522 g/mol. The molecule has 0 aromatic heterocycles. The molecule has 0 fully saturated rings. The van der Waals surface area contributed by atoms with E-state index in [0.29, 0.717) is 11.4 Å². The lowest BCUT2D eigenvalue weighted by Crippen LogP contribution is -2.37. The van der Waals surface area contributed by atoms with Gasteiger partial charge in [0.05, 0.1) is 5.69 Å². The number of carbonyl (C=O) groups excluding carboxylic acids is 1. The van der Waals surface area contributed by atoms with Gasteiger partial charge < -0.3 is 19.9 Å². The minimum Gasteiger partial charge on any atom is -0.507 e. The molecule has 0 saturated heterocycles. The Kier molecular flexibility index (Phi) is 12.6. The Morgan fingerprint density at radius 1 is 0.976 bits per heavy atom. The van der Waals surface area contributed by atoms with Crippen LogP contribution >= 0.6 is 0 Å². The van der Waals surface area contributed by atoms with E-state index in [1.165, 1.54) is 58.3 Å². The molecule has 3 atom stereocenters. The molecule has 0 saturated carbocycles. The van der Waals surface area contributed by atoms with Gasteiger partial charge in [-0.2, -0.15) is 0 Å². The van der Waals surface area contributed by atoms with Gasteiger partial charge >= 0.3 is 0 Å². The Morgan fingerprint density at radius 3 is 2.24 bits per heavy atom. The monoisotopic (exact) mass is 579 g/mol. The van der Waals surface area contributed by atoms with Crippen LogP contribution in [0.5, 0.6) is 17.2 Å². The van der Waals surface area contributed by atoms with Gasteiger partial charge in [0.2, 0.25) is 5.91 Å². The van der Waals surface area contributed by atoms with Crippen molar-refractivity contribution in [1.82, 2.24) is 0 Å². The smallest absolute Gasteiger partial charge is 0.221 e. The van der Waals surface area contributed by atoms with Crippen LogP contribution in [-0.4, -0.2) is 16.6 Å². The lowest BCUT2D eigenvalue weighted by Gasteiger charge is -2.38. The Balaban J connectivity index is 1.56. The number of hydrogen-bond donors (Lipinski definition) is 2. The van der Waals surface area contributed by atoms with Crippen LogP contribution in [0.15, 0.2) is 24.3 Å². The maximum Gasteiger partial charge on any atom is 0.221 e. The number of amides is 1. The van der Waals surface area contributed by atoms with Gasteiger partial charge in [-0.1, -0.05) is 84.8 Å². The summed E-state index contributed by atoms with van der Waals surface area (Å²) in [5, 5.41) is 13.9. The quantitative estimate of drug-likeness (QED) is 0.208. The summed E-state index contributed by atoms with van der Waals surface area (Å²) in [6, 6.07) is 7.39. The van der Waals surface area contributed by atoms with Gasteiger partial charge in [0.1, 0.15) is 29.5 Å². The molecule has 234 valence electrons. The summed E-state index contributed by atoms with van der Waals surface area (Å²) >= 11 is 0. The Hall–Kier alpha value is -2.69. The topological polar surface area (TPSA) is 67.8 Å². The number of hydrogen-bond acceptors (Lipinski definition) is 4. The maximum atomic E-state index is 11.6. The highest BCUT2D eigenvalue weighted by molar-refractivity contribution is 5.90. The molecule has 0 radical (unpaired) electrons. The van der Waals surface area contributed by atoms with Crippen molar-refractivity contribution in [3.05, 3.63) is 46.5 Å². The normalized spacial score (nSPS) is 17.8. The fourth-order valence-electron chi connectivity index (χ4n) is 6.34. The van der Waals surface area contributed by atoms with Crippen molar-refractivity contribution in [3.63, 3.8) is 0 Å². The standard InChI is InChI=1S/C37H57NO4/c1-25(2)14-11-15-26(3)16-12-17-27(4)18-13-22-37(8)23-21-31-32(35(40)28(5)29(6)36(31)42-37)24-41-34-20-10-9-19-33(34)38-30(7)39/h9-10,19-20,25-27,40H,11-18,21-24H2,1-8H3,(H,38,39)/t26-,27-,37-/m1/s1. The fourth-order valence-corrected chi connectivity index (χ4v) is 6.34. The van der Waals surface area contributed by atoms with Gasteiger partial charge in [0.15, 0.2) is 0 Å². The van der Waals surface area contributed by atoms with Crippen molar-refractivity contribution in [2.75, 3.05) is 5.32 Å². The largest absolute Gasteiger partial charge is 0.507 e. The summed E-state index contributed by atoms with van der Waals surface area (Å²) in [6.07, 6.45) is 13.3. The first kappa shape index (κ1) is 33.8. The zero-order valence-electron chi connectivity index (χ0n) is 27.7. The van der Waals surface area contributed by atoms with Gasteiger partial charge in [-0.25, -0.2) is 0 Å². The van der Waals surface area contributed by atoms with Gasteiger partial charge in [-0.3, -0.25) is 4.79 Å². The zero-order chi connectivity index (χ0) is 30.9. The molecule has 1 heterocycles. The Bertz CT molecular complexity index is 1170. The average molecular weight is 580 g/mol. The first-order valence-corrected chi connectivity index (χ1v) is 16.4. The summed E-state index contributed by atoms with van der Waals surface area (Å²) in [6.45, 7) is 17.4. The van der Waals surface area contributed by atoms with Gasteiger partial charge in [-0.15, -0.1) is 0 Å². The van der Waals surface area contributed by atoms with Gasteiger partial charge in [-0.05, 0) is 87.5 Å². The molecule has 0 unspecified atom stereocenters. The van der Waals surface area contributed by atoms with Crippen molar-refractivity contribution >= 4 is 11.6 Å². The number of phenolic OH excluding ortho intramolecular Hbond substituents is 1. The van der Waals surface area contributed by atoms with E-state index in [9.17, 15) is 9.90 Å². The van der Waals surface area contributed by atoms with Crippen LogP contribution in [0, 0.1) is 31.6 Å². The van der Waals surface area contributed by atoms with Gasteiger partial charge in [0.25, 0.3) is 0 Å². The van der Waals surface area contributed by atoms with Crippen LogP contribution in [0.2, 0.25) is 0 Å². The minimum absolute atomic E-state index is 0.151. The number of para-hydroxylation sites is 2. The van der Waals surface area contributed by atoms with E-state index in [0.717, 1.165) is 65.0 Å². The number of fused-ring (bicyclic) bond motifs is 1. The van der Waals surface area contributed by atoms with Crippen molar-refractivity contribution < 1.29 is 19.4 Å². The predicted octanol–water partition coefficient (Wildman–Crippen LogP) is 10.1. The molecule has 5 heteroatoms. The third kappa shape index (κ3) is 9.67. The molecule has 2 aromatic rings. The molecule has 2 N–H and O–H groups in total. The maximum absolute atomic E-state index is 11.6. The number of ether oxygens (including phenoxy) is 2. The third-order valence-corrected chi connectivity index (χ3v) is 9.28. The highest BCUT2D eigenvalue weighted by Gasteiger charge is 2.35. The minimum atomic E-state index is -0.206. The van der Waals surface area contributed by atoms with Crippen molar-refractivity contribution in [3.8, 4) is 17.2 Å². The second-order valence-corrected chi connectivity index (χ2v) is 13.8. The summed E-state index contributed by atoms with van der Waals surface area (Å²) < 4.78 is 12.9. The molecule has 3 rings (SSSR count). The number of aromatic hydroxyl groups is 1. The van der Waals surface area contributed by atoms with Crippen LogP contribution in [-0.2, 0) is 17.8 Å². The number of phenols is 1.